The number of nitrogens with one attached hydrogen (secondary N) is 1. The molecule has 1 aromatic carbocycles. The smallest absolute Gasteiger partial charge is 0.0751 e. The Labute approximate surface area is 123 Å². The normalized spacial score (nSPS) is 10.9. The van der Waals surface area contributed by atoms with Crippen LogP contribution < -0.4 is 5.32 Å². The van der Waals surface area contributed by atoms with Crippen LogP contribution in [0.5, 0.6) is 0 Å². The maximum absolute atomic E-state index is 5.04. The maximum atomic E-state index is 5.04. The summed E-state index contributed by atoms with van der Waals surface area (Å²) >= 11 is 0. The monoisotopic (exact) mass is 282 g/mol. The summed E-state index contributed by atoms with van der Waals surface area (Å²) in [7, 11) is 1.69. The lowest BCUT2D eigenvalue weighted by molar-refractivity contribution is 0.183. The molecule has 108 valence electrons. The van der Waals surface area contributed by atoms with Crippen molar-refractivity contribution in [1.29, 1.82) is 0 Å². The largest absolute Gasteiger partial charge is 0.383 e. The van der Waals surface area contributed by atoms with E-state index in [1.165, 1.54) is 5.56 Å². The van der Waals surface area contributed by atoms with E-state index in [0.717, 1.165) is 29.7 Å². The van der Waals surface area contributed by atoms with Crippen molar-refractivity contribution in [2.24, 2.45) is 0 Å². The number of anilines is 1. The highest BCUT2D eigenvalue weighted by molar-refractivity contribution is 5.81. The highest BCUT2D eigenvalue weighted by Crippen LogP contribution is 2.17. The molecule has 5 nitrogen and oxygen atoms in total. The van der Waals surface area contributed by atoms with Crippen molar-refractivity contribution in [2.75, 3.05) is 19.0 Å². The Morgan fingerprint density at radius 3 is 3.05 bits per heavy atom. The standard InChI is InChI=1S/C16H18N4O/c1-21-9-8-20-12-15(11-19-20)18-10-14-5-2-4-13-6-3-7-17-16(13)14/h2-7,11-12,18H,8-10H2,1H3. The van der Waals surface area contributed by atoms with Gasteiger partial charge >= 0.3 is 0 Å². The van der Waals surface area contributed by atoms with E-state index < -0.39 is 0 Å². The number of rotatable bonds is 6. The fraction of sp³-hybridized carbons (Fsp3) is 0.250. The Balaban J connectivity index is 1.70. The Kier molecular flexibility index (Phi) is 4.12. The molecule has 3 rings (SSSR count). The van der Waals surface area contributed by atoms with Crippen LogP contribution in [0.2, 0.25) is 0 Å². The minimum Gasteiger partial charge on any atom is -0.383 e. The molecule has 2 heterocycles. The molecule has 0 radical (unpaired) electrons. The third kappa shape index (κ3) is 3.20. The van der Waals surface area contributed by atoms with Gasteiger partial charge in [0.05, 0.1) is 30.6 Å². The lowest BCUT2D eigenvalue weighted by Gasteiger charge is -2.07. The van der Waals surface area contributed by atoms with E-state index in [0.29, 0.717) is 6.61 Å². The number of ether oxygens (including phenoxy) is 1. The van der Waals surface area contributed by atoms with Crippen molar-refractivity contribution in [2.45, 2.75) is 13.1 Å². The van der Waals surface area contributed by atoms with E-state index in [4.69, 9.17) is 4.74 Å². The molecule has 3 aromatic rings. The molecule has 0 aliphatic carbocycles. The molecule has 0 bridgehead atoms. The van der Waals surface area contributed by atoms with Crippen molar-refractivity contribution in [3.05, 3.63) is 54.5 Å². The first kappa shape index (κ1) is 13.6. The number of hydrogen-bond acceptors (Lipinski definition) is 4. The van der Waals surface area contributed by atoms with Crippen LogP contribution in [0, 0.1) is 0 Å². The van der Waals surface area contributed by atoms with Gasteiger partial charge in [-0.25, -0.2) is 0 Å². The molecule has 0 atom stereocenters. The molecule has 2 aromatic heterocycles. The van der Waals surface area contributed by atoms with Crippen LogP contribution in [-0.2, 0) is 17.8 Å². The number of methoxy groups -OCH3 is 1. The van der Waals surface area contributed by atoms with E-state index in [2.05, 4.69) is 39.7 Å². The zero-order chi connectivity index (χ0) is 14.5. The third-order valence-electron chi connectivity index (χ3n) is 3.36. The molecule has 0 aliphatic rings. The van der Waals surface area contributed by atoms with Crippen LogP contribution in [0.25, 0.3) is 10.9 Å². The first-order chi connectivity index (χ1) is 10.4. The molecule has 21 heavy (non-hydrogen) atoms. The second-order valence-corrected chi connectivity index (χ2v) is 4.83. The quantitative estimate of drug-likeness (QED) is 0.755. The predicted octanol–water partition coefficient (Wildman–Crippen LogP) is 2.69. The van der Waals surface area contributed by atoms with Gasteiger partial charge in [-0.3, -0.25) is 9.67 Å². The maximum Gasteiger partial charge on any atom is 0.0751 e. The van der Waals surface area contributed by atoms with Gasteiger partial charge in [0.15, 0.2) is 0 Å². The van der Waals surface area contributed by atoms with Gasteiger partial charge in [0.2, 0.25) is 0 Å². The minimum atomic E-state index is 0.661. The topological polar surface area (TPSA) is 52.0 Å². The summed E-state index contributed by atoms with van der Waals surface area (Å²) in [6, 6.07) is 10.3. The SMILES string of the molecule is COCCn1cc(NCc2cccc3cccnc23)cn1. The molecule has 0 saturated heterocycles. The highest BCUT2D eigenvalue weighted by Gasteiger charge is 2.03. The molecule has 0 amide bonds. The summed E-state index contributed by atoms with van der Waals surface area (Å²) in [5, 5.41) is 8.83. The van der Waals surface area contributed by atoms with Crippen LogP contribution >= 0.6 is 0 Å². The van der Waals surface area contributed by atoms with Gasteiger partial charge in [-0.2, -0.15) is 5.10 Å². The summed E-state index contributed by atoms with van der Waals surface area (Å²) in [6.07, 6.45) is 5.64. The van der Waals surface area contributed by atoms with E-state index in [1.807, 2.05) is 29.3 Å². The fourth-order valence-electron chi connectivity index (χ4n) is 2.27. The van der Waals surface area contributed by atoms with Gasteiger partial charge in [-0.05, 0) is 11.6 Å². The second kappa shape index (κ2) is 6.37. The average Bonchev–Trinajstić information content (AvgIpc) is 2.99. The summed E-state index contributed by atoms with van der Waals surface area (Å²) in [5.74, 6) is 0. The molecule has 0 fully saturated rings. The second-order valence-electron chi connectivity index (χ2n) is 4.83. The Morgan fingerprint density at radius 2 is 2.14 bits per heavy atom. The Bertz CT molecular complexity index is 718. The van der Waals surface area contributed by atoms with E-state index in [1.54, 1.807) is 7.11 Å². The van der Waals surface area contributed by atoms with Crippen molar-refractivity contribution in [3.63, 3.8) is 0 Å². The van der Waals surface area contributed by atoms with Crippen LogP contribution in [-0.4, -0.2) is 28.5 Å². The van der Waals surface area contributed by atoms with Crippen molar-refractivity contribution in [3.8, 4) is 0 Å². The van der Waals surface area contributed by atoms with Gasteiger partial charge < -0.3 is 10.1 Å². The molecule has 0 saturated carbocycles. The number of aromatic nitrogens is 3. The molecular weight excluding hydrogens is 264 g/mol. The summed E-state index contributed by atoms with van der Waals surface area (Å²) in [4.78, 5) is 4.46. The van der Waals surface area contributed by atoms with E-state index in [9.17, 15) is 0 Å². The number of pyridine rings is 1. The number of fused-ring (bicyclic) bond motifs is 1. The third-order valence-corrected chi connectivity index (χ3v) is 3.36. The van der Waals surface area contributed by atoms with Crippen molar-refractivity contribution < 1.29 is 4.74 Å². The zero-order valence-electron chi connectivity index (χ0n) is 12.0. The van der Waals surface area contributed by atoms with Gasteiger partial charge in [0.1, 0.15) is 0 Å². The van der Waals surface area contributed by atoms with Gasteiger partial charge in [0.25, 0.3) is 0 Å². The number of hydrogen-bond donors (Lipinski definition) is 1. The van der Waals surface area contributed by atoms with Gasteiger partial charge in [-0.1, -0.05) is 24.3 Å². The first-order valence-electron chi connectivity index (χ1n) is 6.95. The molecule has 0 spiro atoms. The van der Waals surface area contributed by atoms with Crippen LogP contribution in [0.4, 0.5) is 5.69 Å². The number of benzene rings is 1. The summed E-state index contributed by atoms with van der Waals surface area (Å²) < 4.78 is 6.91. The first-order valence-corrected chi connectivity index (χ1v) is 6.95. The Hall–Kier alpha value is -2.40. The van der Waals surface area contributed by atoms with Crippen LogP contribution in [0.15, 0.2) is 48.9 Å². The molecule has 0 aliphatic heterocycles. The average molecular weight is 282 g/mol. The van der Waals surface area contributed by atoms with Gasteiger partial charge in [0, 0.05) is 31.4 Å². The van der Waals surface area contributed by atoms with Crippen molar-refractivity contribution >= 4 is 16.6 Å². The molecular formula is C16H18N4O. The summed E-state index contributed by atoms with van der Waals surface area (Å²) in [5.41, 5.74) is 3.22. The van der Waals surface area contributed by atoms with Gasteiger partial charge in [-0.15, -0.1) is 0 Å². The molecule has 0 unspecified atom stereocenters. The summed E-state index contributed by atoms with van der Waals surface area (Å²) in [6.45, 7) is 2.15. The Morgan fingerprint density at radius 1 is 1.24 bits per heavy atom. The van der Waals surface area contributed by atoms with Crippen LogP contribution in [0.1, 0.15) is 5.56 Å². The predicted molar refractivity (Wildman–Crippen MR) is 83.2 cm³/mol. The van der Waals surface area contributed by atoms with E-state index >= 15 is 0 Å². The minimum absolute atomic E-state index is 0.661. The lowest BCUT2D eigenvalue weighted by atomic mass is 10.1. The van der Waals surface area contributed by atoms with Crippen molar-refractivity contribution in [1.82, 2.24) is 14.8 Å². The number of para-hydroxylation sites is 1. The zero-order valence-corrected chi connectivity index (χ0v) is 12.0. The lowest BCUT2D eigenvalue weighted by Crippen LogP contribution is -2.04. The molecule has 1 N–H and O–H groups in total. The highest BCUT2D eigenvalue weighted by atomic mass is 16.5. The fourth-order valence-corrected chi connectivity index (χ4v) is 2.27. The number of nitrogens with zero attached hydrogens (tertiary/aromatic N) is 3. The molecule has 5 heteroatoms. The van der Waals surface area contributed by atoms with E-state index in [-0.39, 0.29) is 0 Å². The van der Waals surface area contributed by atoms with Crippen LogP contribution in [0.3, 0.4) is 0 Å².